The number of rotatable bonds is 3. The first-order valence-corrected chi connectivity index (χ1v) is 9.10. The number of hydrogen-bond acceptors (Lipinski definition) is 3. The molecule has 1 aromatic heterocycles. The van der Waals surface area contributed by atoms with Crippen molar-refractivity contribution in [3.8, 4) is 11.1 Å². The second-order valence-corrected chi connectivity index (χ2v) is 6.62. The summed E-state index contributed by atoms with van der Waals surface area (Å²) >= 11 is 0. The Morgan fingerprint density at radius 2 is 1.46 bits per heavy atom. The Balaban J connectivity index is 1.48. The van der Waals surface area contributed by atoms with Crippen LogP contribution in [0.4, 0.5) is 4.39 Å². The van der Waals surface area contributed by atoms with Gasteiger partial charge in [-0.1, -0.05) is 36.4 Å². The van der Waals surface area contributed by atoms with Crippen LogP contribution < -0.4 is 0 Å². The Morgan fingerprint density at radius 3 is 2.11 bits per heavy atom. The maximum absolute atomic E-state index is 14.4. The third kappa shape index (κ3) is 3.53. The van der Waals surface area contributed by atoms with Crippen LogP contribution in [0.3, 0.4) is 0 Å². The zero-order valence-electron chi connectivity index (χ0n) is 15.2. The average Bonchev–Trinajstić information content (AvgIpc) is 3.29. The molecule has 0 spiro atoms. The van der Waals surface area contributed by atoms with Gasteiger partial charge < -0.3 is 14.2 Å². The van der Waals surface area contributed by atoms with Crippen LogP contribution in [0, 0.1) is 5.82 Å². The summed E-state index contributed by atoms with van der Waals surface area (Å²) < 4.78 is 19.5. The minimum absolute atomic E-state index is 0.0483. The minimum atomic E-state index is -0.543. The minimum Gasteiger partial charge on any atom is -0.459 e. The van der Waals surface area contributed by atoms with E-state index in [4.69, 9.17) is 4.42 Å². The summed E-state index contributed by atoms with van der Waals surface area (Å²) in [6, 6.07) is 17.4. The van der Waals surface area contributed by atoms with E-state index in [0.717, 1.165) is 11.1 Å². The van der Waals surface area contributed by atoms with Gasteiger partial charge in [0.1, 0.15) is 5.82 Å². The summed E-state index contributed by atoms with van der Waals surface area (Å²) in [6.45, 7) is 1.46. The van der Waals surface area contributed by atoms with Gasteiger partial charge in [0.05, 0.1) is 11.8 Å². The van der Waals surface area contributed by atoms with Crippen molar-refractivity contribution in [2.75, 3.05) is 26.2 Å². The number of amides is 2. The summed E-state index contributed by atoms with van der Waals surface area (Å²) in [7, 11) is 0. The highest BCUT2D eigenvalue weighted by Crippen LogP contribution is 2.23. The van der Waals surface area contributed by atoms with E-state index in [-0.39, 0.29) is 23.1 Å². The van der Waals surface area contributed by atoms with Crippen molar-refractivity contribution < 1.29 is 18.4 Å². The number of benzene rings is 2. The lowest BCUT2D eigenvalue weighted by atomic mass is 10.0. The molecule has 1 aliphatic rings. The van der Waals surface area contributed by atoms with Gasteiger partial charge in [-0.05, 0) is 35.4 Å². The highest BCUT2D eigenvalue weighted by molar-refractivity contribution is 5.96. The molecule has 4 rings (SSSR count). The van der Waals surface area contributed by atoms with E-state index in [1.807, 2.05) is 30.3 Å². The van der Waals surface area contributed by atoms with Gasteiger partial charge in [0.25, 0.3) is 11.8 Å². The number of halogens is 1. The van der Waals surface area contributed by atoms with Crippen molar-refractivity contribution in [3.05, 3.63) is 84.1 Å². The highest BCUT2D eigenvalue weighted by Gasteiger charge is 2.27. The summed E-state index contributed by atoms with van der Waals surface area (Å²) in [5.74, 6) is -0.824. The van der Waals surface area contributed by atoms with Crippen molar-refractivity contribution in [3.63, 3.8) is 0 Å². The molecule has 5 nitrogen and oxygen atoms in total. The largest absolute Gasteiger partial charge is 0.459 e. The maximum atomic E-state index is 14.4. The van der Waals surface area contributed by atoms with Crippen molar-refractivity contribution in [1.82, 2.24) is 9.80 Å². The van der Waals surface area contributed by atoms with Crippen LogP contribution >= 0.6 is 0 Å². The lowest BCUT2D eigenvalue weighted by Gasteiger charge is -2.34. The molecule has 2 aromatic carbocycles. The smallest absolute Gasteiger partial charge is 0.289 e. The second-order valence-electron chi connectivity index (χ2n) is 6.62. The molecule has 0 aliphatic carbocycles. The van der Waals surface area contributed by atoms with Gasteiger partial charge in [-0.2, -0.15) is 0 Å². The average molecular weight is 378 g/mol. The van der Waals surface area contributed by atoms with Gasteiger partial charge in [-0.3, -0.25) is 9.59 Å². The Bertz CT molecular complexity index is 978. The van der Waals surface area contributed by atoms with E-state index >= 15 is 0 Å². The molecule has 0 bridgehead atoms. The van der Waals surface area contributed by atoms with Crippen molar-refractivity contribution >= 4 is 11.8 Å². The topological polar surface area (TPSA) is 53.8 Å². The van der Waals surface area contributed by atoms with Gasteiger partial charge >= 0.3 is 0 Å². The Morgan fingerprint density at radius 1 is 0.786 bits per heavy atom. The first kappa shape index (κ1) is 18.0. The molecule has 2 heterocycles. The standard InChI is InChI=1S/C22H19FN2O3/c23-19-9-8-17(16-5-2-1-3-6-16)15-18(19)21(26)24-10-12-25(13-11-24)22(27)20-7-4-14-28-20/h1-9,14-15H,10-13H2. The molecular weight excluding hydrogens is 359 g/mol. The SMILES string of the molecule is O=C(c1ccco1)N1CCN(C(=O)c2cc(-c3ccccc3)ccc2F)CC1. The molecule has 142 valence electrons. The molecular formula is C22H19FN2O3. The number of carbonyl (C=O) groups excluding carboxylic acids is 2. The first-order valence-electron chi connectivity index (χ1n) is 9.10. The first-order chi connectivity index (χ1) is 13.6. The van der Waals surface area contributed by atoms with Gasteiger partial charge in [0, 0.05) is 26.2 Å². The maximum Gasteiger partial charge on any atom is 0.289 e. The van der Waals surface area contributed by atoms with Gasteiger partial charge in [-0.15, -0.1) is 0 Å². The van der Waals surface area contributed by atoms with Crippen LogP contribution in [-0.2, 0) is 0 Å². The molecule has 2 amide bonds. The molecule has 3 aromatic rings. The van der Waals surface area contributed by atoms with E-state index in [0.29, 0.717) is 26.2 Å². The Hall–Kier alpha value is -3.41. The number of furan rings is 1. The molecule has 0 radical (unpaired) electrons. The van der Waals surface area contributed by atoms with Gasteiger partial charge in [0.2, 0.25) is 0 Å². The van der Waals surface area contributed by atoms with Crippen molar-refractivity contribution in [1.29, 1.82) is 0 Å². The van der Waals surface area contributed by atoms with E-state index in [9.17, 15) is 14.0 Å². The molecule has 0 saturated carbocycles. The third-order valence-corrected chi connectivity index (χ3v) is 4.89. The van der Waals surface area contributed by atoms with Gasteiger partial charge in [0.15, 0.2) is 5.76 Å². The summed E-state index contributed by atoms with van der Waals surface area (Å²) in [5.41, 5.74) is 1.76. The van der Waals surface area contributed by atoms with E-state index in [2.05, 4.69) is 0 Å². The van der Waals surface area contributed by atoms with Crippen LogP contribution in [0.5, 0.6) is 0 Å². The predicted octanol–water partition coefficient (Wildman–Crippen LogP) is 3.68. The summed E-state index contributed by atoms with van der Waals surface area (Å²) in [6.07, 6.45) is 1.45. The normalized spacial score (nSPS) is 14.2. The Labute approximate surface area is 162 Å². The number of nitrogens with zero attached hydrogens (tertiary/aromatic N) is 2. The lowest BCUT2D eigenvalue weighted by molar-refractivity contribution is 0.0515. The zero-order chi connectivity index (χ0) is 19.5. The highest BCUT2D eigenvalue weighted by atomic mass is 19.1. The predicted molar refractivity (Wildman–Crippen MR) is 102 cm³/mol. The quantitative estimate of drug-likeness (QED) is 0.699. The molecule has 0 unspecified atom stereocenters. The monoisotopic (exact) mass is 378 g/mol. The summed E-state index contributed by atoms with van der Waals surface area (Å²) in [4.78, 5) is 28.4. The molecule has 0 atom stereocenters. The molecule has 0 N–H and O–H groups in total. The number of carbonyl (C=O) groups is 2. The zero-order valence-corrected chi connectivity index (χ0v) is 15.2. The molecule has 28 heavy (non-hydrogen) atoms. The van der Waals surface area contributed by atoms with Crippen LogP contribution in [-0.4, -0.2) is 47.8 Å². The molecule has 1 aliphatic heterocycles. The second kappa shape index (κ2) is 7.68. The van der Waals surface area contributed by atoms with Crippen molar-refractivity contribution in [2.45, 2.75) is 0 Å². The van der Waals surface area contributed by atoms with Crippen LogP contribution in [0.15, 0.2) is 71.3 Å². The fraction of sp³-hybridized carbons (Fsp3) is 0.182. The number of hydrogen-bond donors (Lipinski definition) is 0. The lowest BCUT2D eigenvalue weighted by Crippen LogP contribution is -2.50. The Kier molecular flexibility index (Phi) is 4.93. The number of piperazine rings is 1. The molecule has 6 heteroatoms. The molecule has 1 saturated heterocycles. The van der Waals surface area contributed by atoms with E-state index in [1.54, 1.807) is 34.1 Å². The van der Waals surface area contributed by atoms with Crippen molar-refractivity contribution in [2.24, 2.45) is 0 Å². The fourth-order valence-electron chi connectivity index (χ4n) is 3.34. The van der Waals surface area contributed by atoms with Crippen LogP contribution in [0.25, 0.3) is 11.1 Å². The van der Waals surface area contributed by atoms with E-state index in [1.165, 1.54) is 12.3 Å². The molecule has 1 fully saturated rings. The fourth-order valence-corrected chi connectivity index (χ4v) is 3.34. The van der Waals surface area contributed by atoms with Gasteiger partial charge in [-0.25, -0.2) is 4.39 Å². The van der Waals surface area contributed by atoms with Crippen LogP contribution in [0.1, 0.15) is 20.9 Å². The third-order valence-electron chi connectivity index (χ3n) is 4.89. The van der Waals surface area contributed by atoms with Crippen LogP contribution in [0.2, 0.25) is 0 Å². The van der Waals surface area contributed by atoms with E-state index < -0.39 is 5.82 Å². The summed E-state index contributed by atoms with van der Waals surface area (Å²) in [5, 5.41) is 0.